The highest BCUT2D eigenvalue weighted by molar-refractivity contribution is 5.99. The van der Waals surface area contributed by atoms with Gasteiger partial charge in [-0.15, -0.1) is 0 Å². The molecule has 23 heavy (non-hydrogen) atoms. The van der Waals surface area contributed by atoms with Crippen molar-refractivity contribution >= 4 is 28.3 Å². The number of benzene rings is 2. The molecule has 1 unspecified atom stereocenters. The van der Waals surface area contributed by atoms with Gasteiger partial charge in [0, 0.05) is 23.9 Å². The number of aryl methyl sites for hydroxylation is 1. The van der Waals surface area contributed by atoms with E-state index in [-0.39, 0.29) is 17.9 Å². The van der Waals surface area contributed by atoms with Crippen molar-refractivity contribution in [1.82, 2.24) is 5.32 Å². The van der Waals surface area contributed by atoms with Crippen LogP contribution < -0.4 is 15.4 Å². The summed E-state index contributed by atoms with van der Waals surface area (Å²) in [5, 5.41) is 7.93. The van der Waals surface area contributed by atoms with Crippen molar-refractivity contribution in [2.75, 3.05) is 11.9 Å². The predicted octanol–water partition coefficient (Wildman–Crippen LogP) is 2.38. The predicted molar refractivity (Wildman–Crippen MR) is 87.6 cm³/mol. The Hall–Kier alpha value is -2.56. The third kappa shape index (κ3) is 2.74. The molecule has 0 spiro atoms. The number of carbonyl (C=O) groups excluding carboxylic acids is 2. The van der Waals surface area contributed by atoms with Crippen LogP contribution >= 0.6 is 0 Å². The van der Waals surface area contributed by atoms with Crippen LogP contribution in [0.2, 0.25) is 0 Å². The quantitative estimate of drug-likeness (QED) is 0.914. The number of rotatable bonds is 3. The summed E-state index contributed by atoms with van der Waals surface area (Å²) < 4.78 is 5.96. The second-order valence-electron chi connectivity index (χ2n) is 6.15. The number of ether oxygens (including phenoxy) is 1. The van der Waals surface area contributed by atoms with Gasteiger partial charge in [0.1, 0.15) is 12.4 Å². The summed E-state index contributed by atoms with van der Waals surface area (Å²) in [7, 11) is 0. The Morgan fingerprint density at radius 2 is 2.00 bits per heavy atom. The van der Waals surface area contributed by atoms with E-state index >= 15 is 0 Å². The van der Waals surface area contributed by atoms with E-state index in [4.69, 9.17) is 4.74 Å². The SMILES string of the molecule is O=C1CCc2cc3c(OCC4CCC(=O)N4)cccc3cc2N1. The molecule has 5 nitrogen and oxygen atoms in total. The molecule has 5 heteroatoms. The molecule has 0 bridgehead atoms. The molecule has 1 saturated heterocycles. The first-order valence-corrected chi connectivity index (χ1v) is 7.97. The average molecular weight is 310 g/mol. The van der Waals surface area contributed by atoms with E-state index in [0.717, 1.165) is 40.6 Å². The highest BCUT2D eigenvalue weighted by Crippen LogP contribution is 2.33. The van der Waals surface area contributed by atoms with Crippen LogP contribution in [0.4, 0.5) is 5.69 Å². The topological polar surface area (TPSA) is 67.4 Å². The van der Waals surface area contributed by atoms with Gasteiger partial charge in [0.15, 0.2) is 0 Å². The van der Waals surface area contributed by atoms with Crippen molar-refractivity contribution in [3.63, 3.8) is 0 Å². The van der Waals surface area contributed by atoms with Crippen LogP contribution in [0.25, 0.3) is 10.8 Å². The van der Waals surface area contributed by atoms with Crippen molar-refractivity contribution in [3.05, 3.63) is 35.9 Å². The normalized spacial score (nSPS) is 20.1. The van der Waals surface area contributed by atoms with Crippen LogP contribution in [0.1, 0.15) is 24.8 Å². The molecule has 2 heterocycles. The molecule has 2 aromatic carbocycles. The molecule has 118 valence electrons. The lowest BCUT2D eigenvalue weighted by molar-refractivity contribution is -0.119. The number of anilines is 1. The molecular formula is C18H18N2O3. The lowest BCUT2D eigenvalue weighted by Crippen LogP contribution is -2.30. The molecule has 4 rings (SSSR count). The number of hydrogen-bond acceptors (Lipinski definition) is 3. The summed E-state index contributed by atoms with van der Waals surface area (Å²) in [5.74, 6) is 0.992. The first-order chi connectivity index (χ1) is 11.2. The minimum Gasteiger partial charge on any atom is -0.491 e. The maximum absolute atomic E-state index is 11.5. The molecule has 1 atom stereocenters. The van der Waals surface area contributed by atoms with Crippen LogP contribution in [0.3, 0.4) is 0 Å². The zero-order valence-electron chi connectivity index (χ0n) is 12.7. The third-order valence-electron chi connectivity index (χ3n) is 4.48. The van der Waals surface area contributed by atoms with Gasteiger partial charge in [-0.25, -0.2) is 0 Å². The minimum absolute atomic E-state index is 0.0706. The summed E-state index contributed by atoms with van der Waals surface area (Å²) in [6, 6.07) is 10.1. The van der Waals surface area contributed by atoms with E-state index in [9.17, 15) is 9.59 Å². The second kappa shape index (κ2) is 5.57. The van der Waals surface area contributed by atoms with Gasteiger partial charge < -0.3 is 15.4 Å². The lowest BCUT2D eigenvalue weighted by atomic mass is 9.98. The number of fused-ring (bicyclic) bond motifs is 2. The van der Waals surface area contributed by atoms with Gasteiger partial charge in [0.05, 0.1) is 6.04 Å². The zero-order chi connectivity index (χ0) is 15.8. The standard InChI is InChI=1S/C18H18N2O3/c21-17-7-5-13(19-17)10-23-16-3-1-2-11-9-15-12(8-14(11)16)4-6-18(22)20-15/h1-3,8-9,13H,4-7,10H2,(H,19,21)(H,20,22). The molecule has 2 amide bonds. The molecule has 0 saturated carbocycles. The van der Waals surface area contributed by atoms with Crippen LogP contribution in [-0.2, 0) is 16.0 Å². The fourth-order valence-corrected chi connectivity index (χ4v) is 3.24. The Balaban J connectivity index is 1.62. The molecule has 0 radical (unpaired) electrons. The fraction of sp³-hybridized carbons (Fsp3) is 0.333. The third-order valence-corrected chi connectivity index (χ3v) is 4.48. The van der Waals surface area contributed by atoms with Gasteiger partial charge >= 0.3 is 0 Å². The first kappa shape index (κ1) is 14.1. The minimum atomic E-state index is 0.0706. The zero-order valence-corrected chi connectivity index (χ0v) is 12.7. The van der Waals surface area contributed by atoms with Crippen molar-refractivity contribution in [2.24, 2.45) is 0 Å². The Kier molecular flexibility index (Phi) is 3.41. The number of nitrogens with one attached hydrogen (secondary N) is 2. The largest absolute Gasteiger partial charge is 0.491 e. The van der Waals surface area contributed by atoms with Gasteiger partial charge in [-0.1, -0.05) is 12.1 Å². The first-order valence-electron chi connectivity index (χ1n) is 7.97. The highest BCUT2D eigenvalue weighted by atomic mass is 16.5. The van der Waals surface area contributed by atoms with Crippen molar-refractivity contribution in [3.8, 4) is 5.75 Å². The second-order valence-corrected chi connectivity index (χ2v) is 6.15. The molecule has 0 aromatic heterocycles. The lowest BCUT2D eigenvalue weighted by Gasteiger charge is -2.19. The van der Waals surface area contributed by atoms with E-state index in [1.54, 1.807) is 0 Å². The van der Waals surface area contributed by atoms with Crippen molar-refractivity contribution in [1.29, 1.82) is 0 Å². The van der Waals surface area contributed by atoms with Crippen LogP contribution in [0.5, 0.6) is 5.75 Å². The van der Waals surface area contributed by atoms with E-state index in [2.05, 4.69) is 16.7 Å². The monoisotopic (exact) mass is 310 g/mol. The van der Waals surface area contributed by atoms with E-state index in [1.807, 2.05) is 24.3 Å². The maximum atomic E-state index is 11.5. The average Bonchev–Trinajstić information content (AvgIpc) is 2.96. The Morgan fingerprint density at radius 3 is 2.83 bits per heavy atom. The summed E-state index contributed by atoms with van der Waals surface area (Å²) >= 11 is 0. The van der Waals surface area contributed by atoms with E-state index in [1.165, 1.54) is 0 Å². The van der Waals surface area contributed by atoms with Crippen LogP contribution in [-0.4, -0.2) is 24.5 Å². The highest BCUT2D eigenvalue weighted by Gasteiger charge is 2.22. The summed E-state index contributed by atoms with van der Waals surface area (Å²) in [6.45, 7) is 0.485. The van der Waals surface area contributed by atoms with Gasteiger partial charge in [0.25, 0.3) is 0 Å². The molecular weight excluding hydrogens is 292 g/mol. The number of hydrogen-bond donors (Lipinski definition) is 2. The van der Waals surface area contributed by atoms with Gasteiger partial charge in [-0.05, 0) is 42.0 Å². The Labute approximate surface area is 134 Å². The molecule has 2 aliphatic heterocycles. The smallest absolute Gasteiger partial charge is 0.224 e. The van der Waals surface area contributed by atoms with E-state index in [0.29, 0.717) is 19.4 Å². The summed E-state index contributed by atoms with van der Waals surface area (Å²) in [4.78, 5) is 22.8. The van der Waals surface area contributed by atoms with Crippen molar-refractivity contribution < 1.29 is 14.3 Å². The molecule has 1 fully saturated rings. The van der Waals surface area contributed by atoms with Gasteiger partial charge in [-0.2, -0.15) is 0 Å². The fourth-order valence-electron chi connectivity index (χ4n) is 3.24. The van der Waals surface area contributed by atoms with Gasteiger partial charge in [-0.3, -0.25) is 9.59 Å². The number of amides is 2. The maximum Gasteiger partial charge on any atom is 0.224 e. The van der Waals surface area contributed by atoms with Crippen LogP contribution in [0, 0.1) is 0 Å². The molecule has 2 aliphatic rings. The van der Waals surface area contributed by atoms with E-state index < -0.39 is 0 Å². The van der Waals surface area contributed by atoms with Crippen molar-refractivity contribution in [2.45, 2.75) is 31.7 Å². The Bertz CT molecular complexity index is 800. The number of carbonyl (C=O) groups is 2. The summed E-state index contributed by atoms with van der Waals surface area (Å²) in [5.41, 5.74) is 2.04. The molecule has 2 N–H and O–H groups in total. The molecule has 2 aromatic rings. The van der Waals surface area contributed by atoms with Gasteiger partial charge in [0.2, 0.25) is 11.8 Å². The molecule has 0 aliphatic carbocycles. The Morgan fingerprint density at radius 1 is 1.09 bits per heavy atom. The summed E-state index contributed by atoms with van der Waals surface area (Å²) in [6.07, 6.45) is 2.68. The van der Waals surface area contributed by atoms with Crippen LogP contribution in [0.15, 0.2) is 30.3 Å².